The first kappa shape index (κ1) is 17.9. The van der Waals surface area contributed by atoms with Gasteiger partial charge in [-0.2, -0.15) is 0 Å². The van der Waals surface area contributed by atoms with Gasteiger partial charge in [0.15, 0.2) is 5.76 Å². The molecule has 1 aliphatic rings. The Labute approximate surface area is 171 Å². The van der Waals surface area contributed by atoms with Crippen LogP contribution in [0.25, 0.3) is 17.0 Å². The third kappa shape index (κ3) is 3.04. The summed E-state index contributed by atoms with van der Waals surface area (Å²) in [5.74, 6) is -0.0746. The minimum Gasteiger partial charge on any atom is -0.508 e. The number of aromatic amines is 1. The van der Waals surface area contributed by atoms with Crippen LogP contribution < -0.4 is 9.47 Å². The second-order valence-corrected chi connectivity index (χ2v) is 6.97. The predicted octanol–water partition coefficient (Wildman–Crippen LogP) is 4.77. The number of rotatable bonds is 4. The quantitative estimate of drug-likeness (QED) is 0.430. The maximum atomic E-state index is 12.7. The molecule has 6 heteroatoms. The molecule has 148 valence electrons. The number of nitrogens with one attached hydrogen (secondary N) is 1. The van der Waals surface area contributed by atoms with Gasteiger partial charge in [0.1, 0.15) is 35.2 Å². The van der Waals surface area contributed by atoms with Gasteiger partial charge in [-0.3, -0.25) is 4.79 Å². The Balaban J connectivity index is 1.51. The standard InChI is InChI=1S/C24H17NO5/c26-16-10-18(27)23-20(11-16)30-21(24(23)28)9-15-12-25-17-7-4-8-19(22(15)17)29-13-14-5-2-1-3-6-14/h1-12,25-27H,13H2/b21-9+. The smallest absolute Gasteiger partial charge is 0.235 e. The maximum absolute atomic E-state index is 12.7. The number of Topliss-reactive ketones (excluding diaryl/α,β-unsaturated/α-hetero) is 1. The highest BCUT2D eigenvalue weighted by molar-refractivity contribution is 6.17. The third-order valence-corrected chi connectivity index (χ3v) is 4.96. The topological polar surface area (TPSA) is 91.8 Å². The molecule has 6 nitrogen and oxygen atoms in total. The molecule has 0 atom stereocenters. The van der Waals surface area contributed by atoms with E-state index in [2.05, 4.69) is 4.98 Å². The van der Waals surface area contributed by atoms with E-state index in [1.807, 2.05) is 48.5 Å². The number of aromatic hydroxyl groups is 2. The van der Waals surface area contributed by atoms with Crippen molar-refractivity contribution >= 4 is 22.8 Å². The van der Waals surface area contributed by atoms with Gasteiger partial charge in [0.25, 0.3) is 0 Å². The maximum Gasteiger partial charge on any atom is 0.235 e. The lowest BCUT2D eigenvalue weighted by Gasteiger charge is -2.08. The van der Waals surface area contributed by atoms with Crippen molar-refractivity contribution in [3.8, 4) is 23.0 Å². The molecule has 0 saturated heterocycles. The molecule has 30 heavy (non-hydrogen) atoms. The van der Waals surface area contributed by atoms with Crippen LogP contribution >= 0.6 is 0 Å². The molecule has 2 heterocycles. The lowest BCUT2D eigenvalue weighted by molar-refractivity contribution is 0.101. The SMILES string of the molecule is O=C1/C(=C\c2c[nH]c3cccc(OCc4ccccc4)c23)Oc2cc(O)cc(O)c21. The van der Waals surface area contributed by atoms with Crippen molar-refractivity contribution in [3.05, 3.63) is 89.3 Å². The number of fused-ring (bicyclic) bond motifs is 2. The van der Waals surface area contributed by atoms with Crippen LogP contribution in [0.4, 0.5) is 0 Å². The number of phenolic OH excluding ortho intramolecular Hbond substituents is 2. The van der Waals surface area contributed by atoms with E-state index in [0.717, 1.165) is 22.5 Å². The van der Waals surface area contributed by atoms with E-state index < -0.39 is 5.78 Å². The van der Waals surface area contributed by atoms with Gasteiger partial charge in [-0.15, -0.1) is 0 Å². The number of allylic oxidation sites excluding steroid dienone is 1. The number of carbonyl (C=O) groups excluding carboxylic acids is 1. The summed E-state index contributed by atoms with van der Waals surface area (Å²) in [5, 5.41) is 20.5. The molecular weight excluding hydrogens is 382 g/mol. The molecular formula is C24H17NO5. The number of aromatic nitrogens is 1. The number of benzene rings is 3. The summed E-state index contributed by atoms with van der Waals surface area (Å²) in [5.41, 5.74) is 2.66. The Kier molecular flexibility index (Phi) is 4.17. The average Bonchev–Trinajstić information content (AvgIpc) is 3.29. The first-order valence-corrected chi connectivity index (χ1v) is 9.37. The highest BCUT2D eigenvalue weighted by Crippen LogP contribution is 2.41. The molecule has 0 radical (unpaired) electrons. The summed E-state index contributed by atoms with van der Waals surface area (Å²) in [6, 6.07) is 18.0. The second kappa shape index (κ2) is 7.00. The number of phenols is 2. The van der Waals surface area contributed by atoms with E-state index in [9.17, 15) is 15.0 Å². The minimum atomic E-state index is -0.445. The summed E-state index contributed by atoms with van der Waals surface area (Å²) < 4.78 is 11.7. The fourth-order valence-corrected chi connectivity index (χ4v) is 3.57. The monoisotopic (exact) mass is 399 g/mol. The van der Waals surface area contributed by atoms with E-state index in [1.54, 1.807) is 12.3 Å². The zero-order chi connectivity index (χ0) is 20.7. The van der Waals surface area contributed by atoms with Crippen molar-refractivity contribution in [2.45, 2.75) is 6.61 Å². The molecule has 1 aliphatic heterocycles. The van der Waals surface area contributed by atoms with E-state index in [1.165, 1.54) is 6.07 Å². The molecule has 3 aromatic carbocycles. The Morgan fingerprint density at radius 1 is 1.03 bits per heavy atom. The molecule has 0 spiro atoms. The van der Waals surface area contributed by atoms with Crippen LogP contribution in [0.3, 0.4) is 0 Å². The van der Waals surface area contributed by atoms with Crippen LogP contribution in [0.1, 0.15) is 21.5 Å². The van der Waals surface area contributed by atoms with Crippen molar-refractivity contribution in [3.63, 3.8) is 0 Å². The molecule has 0 fully saturated rings. The zero-order valence-corrected chi connectivity index (χ0v) is 15.8. The number of carbonyl (C=O) groups is 1. The van der Waals surface area contributed by atoms with E-state index >= 15 is 0 Å². The van der Waals surface area contributed by atoms with Crippen LogP contribution in [0, 0.1) is 0 Å². The van der Waals surface area contributed by atoms with E-state index in [-0.39, 0.29) is 28.6 Å². The van der Waals surface area contributed by atoms with Gasteiger partial charge >= 0.3 is 0 Å². The van der Waals surface area contributed by atoms with Gasteiger partial charge < -0.3 is 24.7 Å². The van der Waals surface area contributed by atoms with Gasteiger partial charge in [0.05, 0.1) is 0 Å². The average molecular weight is 399 g/mol. The highest BCUT2D eigenvalue weighted by Gasteiger charge is 2.31. The van der Waals surface area contributed by atoms with Crippen LogP contribution in [-0.4, -0.2) is 21.0 Å². The number of H-pyrrole nitrogens is 1. The second-order valence-electron chi connectivity index (χ2n) is 6.97. The van der Waals surface area contributed by atoms with Crippen LogP contribution in [0.5, 0.6) is 23.0 Å². The van der Waals surface area contributed by atoms with Crippen molar-refractivity contribution in [1.29, 1.82) is 0 Å². The number of ketones is 1. The van der Waals surface area contributed by atoms with E-state index in [0.29, 0.717) is 17.9 Å². The first-order valence-electron chi connectivity index (χ1n) is 9.37. The number of hydrogen-bond acceptors (Lipinski definition) is 5. The molecule has 0 aliphatic carbocycles. The van der Waals surface area contributed by atoms with Crippen molar-refractivity contribution in [1.82, 2.24) is 4.98 Å². The summed E-state index contributed by atoms with van der Waals surface area (Å²) in [6.07, 6.45) is 3.37. The molecule has 0 unspecified atom stereocenters. The Hall–Kier alpha value is -4.19. The minimum absolute atomic E-state index is 0.0412. The van der Waals surface area contributed by atoms with E-state index in [4.69, 9.17) is 9.47 Å². The van der Waals surface area contributed by atoms with Crippen molar-refractivity contribution in [2.75, 3.05) is 0 Å². The molecule has 4 aromatic rings. The lowest BCUT2D eigenvalue weighted by atomic mass is 10.1. The summed E-state index contributed by atoms with van der Waals surface area (Å²) >= 11 is 0. The lowest BCUT2D eigenvalue weighted by Crippen LogP contribution is -1.99. The Bertz CT molecular complexity index is 1300. The number of hydrogen-bond donors (Lipinski definition) is 3. The molecule has 0 saturated carbocycles. The summed E-state index contributed by atoms with van der Waals surface area (Å²) in [6.45, 7) is 0.412. The first-order chi connectivity index (χ1) is 14.6. The van der Waals surface area contributed by atoms with Crippen LogP contribution in [-0.2, 0) is 6.61 Å². The van der Waals surface area contributed by atoms with Crippen LogP contribution in [0.15, 0.2) is 72.6 Å². The van der Waals surface area contributed by atoms with Crippen molar-refractivity contribution in [2.24, 2.45) is 0 Å². The molecule has 0 bridgehead atoms. The summed E-state index contributed by atoms with van der Waals surface area (Å²) in [4.78, 5) is 15.9. The highest BCUT2D eigenvalue weighted by atomic mass is 16.5. The van der Waals surface area contributed by atoms with Gasteiger partial charge in [0.2, 0.25) is 5.78 Å². The normalized spacial score (nSPS) is 14.1. The summed E-state index contributed by atoms with van der Waals surface area (Å²) in [7, 11) is 0. The largest absolute Gasteiger partial charge is 0.508 e. The molecule has 1 aromatic heterocycles. The Morgan fingerprint density at radius 2 is 1.87 bits per heavy atom. The number of ether oxygens (including phenoxy) is 2. The van der Waals surface area contributed by atoms with Crippen LogP contribution in [0.2, 0.25) is 0 Å². The third-order valence-electron chi connectivity index (χ3n) is 4.96. The van der Waals surface area contributed by atoms with Gasteiger partial charge in [-0.1, -0.05) is 36.4 Å². The molecule has 5 rings (SSSR count). The Morgan fingerprint density at radius 3 is 2.70 bits per heavy atom. The fourth-order valence-electron chi connectivity index (χ4n) is 3.57. The molecule has 0 amide bonds. The van der Waals surface area contributed by atoms with Crippen molar-refractivity contribution < 1.29 is 24.5 Å². The zero-order valence-electron chi connectivity index (χ0n) is 15.8. The predicted molar refractivity (Wildman–Crippen MR) is 112 cm³/mol. The molecule has 3 N–H and O–H groups in total. The van der Waals surface area contributed by atoms with Gasteiger partial charge in [0, 0.05) is 34.8 Å². The fraction of sp³-hybridized carbons (Fsp3) is 0.0417. The van der Waals surface area contributed by atoms with Gasteiger partial charge in [-0.25, -0.2) is 0 Å². The van der Waals surface area contributed by atoms with Gasteiger partial charge in [-0.05, 0) is 23.8 Å².